The highest BCUT2D eigenvalue weighted by Gasteiger charge is 2.24. The molecule has 148 valence electrons. The van der Waals surface area contributed by atoms with E-state index in [4.69, 9.17) is 0 Å². The molecule has 0 unspecified atom stereocenters. The van der Waals surface area contributed by atoms with Gasteiger partial charge in [0.05, 0.1) is 0 Å². The number of nitrogens with zero attached hydrogens (tertiary/aromatic N) is 4. The first kappa shape index (κ1) is 19.5. The summed E-state index contributed by atoms with van der Waals surface area (Å²) in [5, 5.41) is 5.45. The van der Waals surface area contributed by atoms with Crippen LogP contribution >= 0.6 is 0 Å². The van der Waals surface area contributed by atoms with E-state index in [0.717, 1.165) is 5.56 Å². The molecule has 0 aliphatic carbocycles. The number of benzene rings is 1. The Morgan fingerprint density at radius 3 is 2.39 bits per heavy atom. The number of amides is 3. The molecule has 3 rings (SSSR count). The van der Waals surface area contributed by atoms with E-state index in [0.29, 0.717) is 32.1 Å². The quantitative estimate of drug-likeness (QED) is 0.805. The van der Waals surface area contributed by atoms with Gasteiger partial charge in [-0.3, -0.25) is 4.79 Å². The second-order valence-electron chi connectivity index (χ2n) is 6.54. The van der Waals surface area contributed by atoms with Crippen molar-refractivity contribution in [2.24, 2.45) is 0 Å². The van der Waals surface area contributed by atoms with Gasteiger partial charge in [-0.1, -0.05) is 12.1 Å². The summed E-state index contributed by atoms with van der Waals surface area (Å²) in [6.07, 6.45) is 3.38. The van der Waals surface area contributed by atoms with Crippen LogP contribution in [0.4, 0.5) is 15.1 Å². The Hall–Kier alpha value is -3.23. The van der Waals surface area contributed by atoms with Gasteiger partial charge in [-0.2, -0.15) is 0 Å². The van der Waals surface area contributed by atoms with E-state index in [1.165, 1.54) is 12.1 Å². The minimum atomic E-state index is -0.677. The number of nitrogens with one attached hydrogen (secondary N) is 2. The van der Waals surface area contributed by atoms with Crippen molar-refractivity contribution in [1.29, 1.82) is 0 Å². The van der Waals surface area contributed by atoms with Gasteiger partial charge in [0.1, 0.15) is 11.9 Å². The van der Waals surface area contributed by atoms with Crippen molar-refractivity contribution in [2.75, 3.05) is 31.1 Å². The van der Waals surface area contributed by atoms with Gasteiger partial charge >= 0.3 is 6.03 Å². The summed E-state index contributed by atoms with van der Waals surface area (Å²) in [4.78, 5) is 36.7. The lowest BCUT2D eigenvalue weighted by atomic mass is 10.2. The molecule has 1 saturated heterocycles. The van der Waals surface area contributed by atoms with Crippen LogP contribution in [0.15, 0.2) is 42.7 Å². The molecule has 1 aromatic heterocycles. The zero-order chi connectivity index (χ0) is 19.9. The normalized spacial score (nSPS) is 15.1. The molecule has 1 atom stereocenters. The second-order valence-corrected chi connectivity index (χ2v) is 6.54. The molecule has 0 bridgehead atoms. The zero-order valence-corrected chi connectivity index (χ0v) is 15.6. The van der Waals surface area contributed by atoms with Crippen LogP contribution in [0.5, 0.6) is 0 Å². The average Bonchev–Trinajstić information content (AvgIpc) is 2.73. The molecule has 1 aliphatic heterocycles. The van der Waals surface area contributed by atoms with Crippen LogP contribution in [-0.4, -0.2) is 59.0 Å². The van der Waals surface area contributed by atoms with Gasteiger partial charge in [-0.05, 0) is 30.7 Å². The summed E-state index contributed by atoms with van der Waals surface area (Å²) < 4.78 is 12.9. The third-order valence-corrected chi connectivity index (χ3v) is 4.52. The zero-order valence-electron chi connectivity index (χ0n) is 15.6. The van der Waals surface area contributed by atoms with Crippen LogP contribution in [0.3, 0.4) is 0 Å². The maximum atomic E-state index is 12.9. The first-order valence-electron chi connectivity index (χ1n) is 9.12. The van der Waals surface area contributed by atoms with Crippen molar-refractivity contribution >= 4 is 17.9 Å². The minimum absolute atomic E-state index is 0.273. The molecule has 1 aromatic carbocycles. The van der Waals surface area contributed by atoms with Gasteiger partial charge in [0.25, 0.3) is 0 Å². The lowest BCUT2D eigenvalue weighted by molar-refractivity contribution is -0.122. The number of halogens is 1. The van der Waals surface area contributed by atoms with Crippen molar-refractivity contribution in [1.82, 2.24) is 25.5 Å². The third kappa shape index (κ3) is 5.15. The Balaban J connectivity index is 1.42. The van der Waals surface area contributed by atoms with Crippen molar-refractivity contribution < 1.29 is 14.0 Å². The number of piperazine rings is 1. The standard InChI is InChI=1S/C19H23FN6O2/c1-14(17(27)23-13-15-3-5-16(20)6-4-15)24-19(28)26-11-9-25(10-12-26)18-21-7-2-8-22-18/h2-8,14H,9-13H2,1H3,(H,23,27)(H,24,28)/t14-/m0/s1. The number of aromatic nitrogens is 2. The molecule has 28 heavy (non-hydrogen) atoms. The van der Waals surface area contributed by atoms with Crippen molar-refractivity contribution in [3.63, 3.8) is 0 Å². The Morgan fingerprint density at radius 2 is 1.75 bits per heavy atom. The summed E-state index contributed by atoms with van der Waals surface area (Å²) in [6, 6.07) is 6.69. The number of urea groups is 1. The predicted octanol–water partition coefficient (Wildman–Crippen LogP) is 1.15. The summed E-state index contributed by atoms with van der Waals surface area (Å²) in [6.45, 7) is 4.20. The maximum Gasteiger partial charge on any atom is 0.318 e. The van der Waals surface area contributed by atoms with Crippen molar-refractivity contribution in [2.45, 2.75) is 19.5 Å². The number of carbonyl (C=O) groups is 2. The summed E-state index contributed by atoms with van der Waals surface area (Å²) in [5.74, 6) is 0.0275. The largest absolute Gasteiger partial charge is 0.350 e. The van der Waals surface area contributed by atoms with Crippen LogP contribution in [-0.2, 0) is 11.3 Å². The van der Waals surface area contributed by atoms with E-state index in [9.17, 15) is 14.0 Å². The molecule has 0 spiro atoms. The van der Waals surface area contributed by atoms with E-state index in [-0.39, 0.29) is 24.3 Å². The molecule has 9 heteroatoms. The number of rotatable bonds is 5. The SMILES string of the molecule is C[C@H](NC(=O)N1CCN(c2ncccn2)CC1)C(=O)NCc1ccc(F)cc1. The fraction of sp³-hybridized carbons (Fsp3) is 0.368. The summed E-state index contributed by atoms with van der Waals surface area (Å²) in [5.41, 5.74) is 0.785. The van der Waals surface area contributed by atoms with E-state index in [1.807, 2.05) is 4.90 Å². The first-order valence-corrected chi connectivity index (χ1v) is 9.12. The lowest BCUT2D eigenvalue weighted by Gasteiger charge is -2.35. The van der Waals surface area contributed by atoms with Gasteiger partial charge in [0.15, 0.2) is 0 Å². The highest BCUT2D eigenvalue weighted by atomic mass is 19.1. The van der Waals surface area contributed by atoms with Crippen LogP contribution in [0, 0.1) is 5.82 Å². The predicted molar refractivity (Wildman–Crippen MR) is 102 cm³/mol. The van der Waals surface area contributed by atoms with Gasteiger partial charge in [0.2, 0.25) is 11.9 Å². The van der Waals surface area contributed by atoms with E-state index >= 15 is 0 Å². The van der Waals surface area contributed by atoms with Crippen molar-refractivity contribution in [3.05, 3.63) is 54.1 Å². The van der Waals surface area contributed by atoms with Crippen LogP contribution in [0.25, 0.3) is 0 Å². The number of hydrogen-bond acceptors (Lipinski definition) is 5. The van der Waals surface area contributed by atoms with Gasteiger partial charge in [-0.25, -0.2) is 19.2 Å². The van der Waals surface area contributed by atoms with E-state index in [1.54, 1.807) is 42.4 Å². The lowest BCUT2D eigenvalue weighted by Crippen LogP contribution is -2.55. The highest BCUT2D eigenvalue weighted by Crippen LogP contribution is 2.10. The topological polar surface area (TPSA) is 90.5 Å². The van der Waals surface area contributed by atoms with Gasteiger partial charge in [0, 0.05) is 45.1 Å². The van der Waals surface area contributed by atoms with Crippen LogP contribution in [0.2, 0.25) is 0 Å². The van der Waals surface area contributed by atoms with E-state index in [2.05, 4.69) is 20.6 Å². The molecular weight excluding hydrogens is 363 g/mol. The Bertz CT molecular complexity index is 794. The minimum Gasteiger partial charge on any atom is -0.350 e. The first-order chi connectivity index (χ1) is 13.5. The molecule has 1 fully saturated rings. The number of hydrogen-bond donors (Lipinski definition) is 2. The molecular formula is C19H23FN6O2. The maximum absolute atomic E-state index is 12.9. The van der Waals surface area contributed by atoms with Gasteiger partial charge in [-0.15, -0.1) is 0 Å². The van der Waals surface area contributed by atoms with E-state index < -0.39 is 6.04 Å². The molecule has 1 aliphatic rings. The summed E-state index contributed by atoms with van der Waals surface area (Å²) in [7, 11) is 0. The smallest absolute Gasteiger partial charge is 0.318 e. The van der Waals surface area contributed by atoms with Crippen LogP contribution in [0.1, 0.15) is 12.5 Å². The molecule has 0 radical (unpaired) electrons. The number of carbonyl (C=O) groups excluding carboxylic acids is 2. The second kappa shape index (κ2) is 9.12. The Kier molecular flexibility index (Phi) is 6.36. The monoisotopic (exact) mass is 386 g/mol. The molecule has 2 N–H and O–H groups in total. The fourth-order valence-electron chi connectivity index (χ4n) is 2.85. The molecule has 2 aromatic rings. The van der Waals surface area contributed by atoms with Crippen LogP contribution < -0.4 is 15.5 Å². The highest BCUT2D eigenvalue weighted by molar-refractivity contribution is 5.86. The van der Waals surface area contributed by atoms with Gasteiger partial charge < -0.3 is 20.4 Å². The van der Waals surface area contributed by atoms with Crippen molar-refractivity contribution in [3.8, 4) is 0 Å². The fourth-order valence-corrected chi connectivity index (χ4v) is 2.85. The number of anilines is 1. The summed E-state index contributed by atoms with van der Waals surface area (Å²) >= 11 is 0. The Labute approximate surface area is 162 Å². The molecule has 8 nitrogen and oxygen atoms in total. The third-order valence-electron chi connectivity index (χ3n) is 4.52. The average molecular weight is 386 g/mol. The Morgan fingerprint density at radius 1 is 1.11 bits per heavy atom. The molecule has 3 amide bonds. The molecule has 0 saturated carbocycles. The molecule has 2 heterocycles.